The second-order valence-electron chi connectivity index (χ2n) is 4.63. The standard InChI is InChI=1S/C12H24O6/c1-2-3-4-5-6-17-12-11(16)10(15)9(14)8(7-13)18-12/h8-16H,2-7H2,1H3/t8-,9+,10+,11+,12-/m0/s1. The predicted octanol–water partition coefficient (Wildman–Crippen LogP) is -0.617. The summed E-state index contributed by atoms with van der Waals surface area (Å²) < 4.78 is 10.5. The molecule has 1 rings (SSSR count). The Morgan fingerprint density at radius 3 is 2.33 bits per heavy atom. The van der Waals surface area contributed by atoms with E-state index >= 15 is 0 Å². The van der Waals surface area contributed by atoms with Crippen molar-refractivity contribution in [1.82, 2.24) is 0 Å². The van der Waals surface area contributed by atoms with Gasteiger partial charge in [0.05, 0.1) is 6.61 Å². The van der Waals surface area contributed by atoms with Crippen molar-refractivity contribution in [1.29, 1.82) is 0 Å². The van der Waals surface area contributed by atoms with E-state index in [0.717, 1.165) is 25.7 Å². The Labute approximate surface area is 107 Å². The fourth-order valence-corrected chi connectivity index (χ4v) is 1.93. The van der Waals surface area contributed by atoms with Gasteiger partial charge in [0.25, 0.3) is 0 Å². The number of hydrogen-bond acceptors (Lipinski definition) is 6. The molecule has 6 nitrogen and oxygen atoms in total. The van der Waals surface area contributed by atoms with Crippen molar-refractivity contribution < 1.29 is 29.9 Å². The summed E-state index contributed by atoms with van der Waals surface area (Å²) >= 11 is 0. The van der Waals surface area contributed by atoms with Gasteiger partial charge in [-0.2, -0.15) is 0 Å². The minimum Gasteiger partial charge on any atom is -0.394 e. The molecule has 18 heavy (non-hydrogen) atoms. The average Bonchev–Trinajstić information content (AvgIpc) is 2.38. The highest BCUT2D eigenvalue weighted by molar-refractivity contribution is 4.88. The maximum atomic E-state index is 9.68. The first-order chi connectivity index (χ1) is 8.61. The number of aliphatic hydroxyl groups is 4. The van der Waals surface area contributed by atoms with Crippen LogP contribution >= 0.6 is 0 Å². The van der Waals surface area contributed by atoms with E-state index in [2.05, 4.69) is 6.92 Å². The topological polar surface area (TPSA) is 99.4 Å². The van der Waals surface area contributed by atoms with Gasteiger partial charge in [-0.25, -0.2) is 0 Å². The lowest BCUT2D eigenvalue weighted by molar-refractivity contribution is -0.301. The van der Waals surface area contributed by atoms with Crippen LogP contribution in [0.4, 0.5) is 0 Å². The third-order valence-corrected chi connectivity index (χ3v) is 3.13. The molecule has 1 fully saturated rings. The van der Waals surface area contributed by atoms with Crippen molar-refractivity contribution in [2.75, 3.05) is 13.2 Å². The summed E-state index contributed by atoms with van der Waals surface area (Å²) in [5.74, 6) is 0. The highest BCUT2D eigenvalue weighted by atomic mass is 16.7. The molecule has 1 aliphatic rings. The third kappa shape index (κ3) is 4.15. The van der Waals surface area contributed by atoms with Crippen LogP contribution in [0.5, 0.6) is 0 Å². The minimum absolute atomic E-state index is 0.419. The SMILES string of the molecule is CCCCCCO[C@H]1O[C@@H](CO)[C@@H](O)[C@@H](O)[C@H]1O. The van der Waals surface area contributed by atoms with Crippen molar-refractivity contribution in [2.24, 2.45) is 0 Å². The van der Waals surface area contributed by atoms with E-state index in [0.29, 0.717) is 6.61 Å². The van der Waals surface area contributed by atoms with Crippen LogP contribution in [-0.4, -0.2) is 64.3 Å². The average molecular weight is 264 g/mol. The third-order valence-electron chi connectivity index (χ3n) is 3.13. The Kier molecular flexibility index (Phi) is 7.06. The summed E-state index contributed by atoms with van der Waals surface area (Å²) in [6, 6.07) is 0. The smallest absolute Gasteiger partial charge is 0.186 e. The largest absolute Gasteiger partial charge is 0.394 e. The molecule has 0 aliphatic carbocycles. The van der Waals surface area contributed by atoms with E-state index in [9.17, 15) is 15.3 Å². The first-order valence-corrected chi connectivity index (χ1v) is 6.54. The number of hydrogen-bond donors (Lipinski definition) is 4. The van der Waals surface area contributed by atoms with E-state index in [1.54, 1.807) is 0 Å². The van der Waals surface area contributed by atoms with E-state index < -0.39 is 37.3 Å². The second kappa shape index (κ2) is 8.04. The van der Waals surface area contributed by atoms with E-state index in [1.165, 1.54) is 0 Å². The van der Waals surface area contributed by atoms with Crippen molar-refractivity contribution in [2.45, 2.75) is 63.3 Å². The first-order valence-electron chi connectivity index (χ1n) is 6.54. The fraction of sp³-hybridized carbons (Fsp3) is 1.00. The van der Waals surface area contributed by atoms with Gasteiger partial charge < -0.3 is 29.9 Å². The quantitative estimate of drug-likeness (QED) is 0.458. The molecule has 4 N–H and O–H groups in total. The summed E-state index contributed by atoms with van der Waals surface area (Å²) in [6.45, 7) is 2.10. The van der Waals surface area contributed by atoms with Gasteiger partial charge in [0.15, 0.2) is 6.29 Å². The van der Waals surface area contributed by atoms with Crippen molar-refractivity contribution >= 4 is 0 Å². The molecule has 1 saturated heterocycles. The monoisotopic (exact) mass is 264 g/mol. The van der Waals surface area contributed by atoms with Gasteiger partial charge >= 0.3 is 0 Å². The molecular weight excluding hydrogens is 240 g/mol. The van der Waals surface area contributed by atoms with E-state index in [4.69, 9.17) is 14.6 Å². The Hall–Kier alpha value is -0.240. The fourth-order valence-electron chi connectivity index (χ4n) is 1.93. The highest BCUT2D eigenvalue weighted by Gasteiger charge is 2.43. The molecule has 0 bridgehead atoms. The molecule has 0 aromatic heterocycles. The van der Waals surface area contributed by atoms with Gasteiger partial charge in [-0.15, -0.1) is 0 Å². The summed E-state index contributed by atoms with van der Waals surface area (Å²) in [5.41, 5.74) is 0. The summed E-state index contributed by atoms with van der Waals surface area (Å²) in [5, 5.41) is 37.8. The van der Waals surface area contributed by atoms with Crippen molar-refractivity contribution in [3.63, 3.8) is 0 Å². The zero-order chi connectivity index (χ0) is 13.5. The van der Waals surface area contributed by atoms with E-state index in [-0.39, 0.29) is 0 Å². The summed E-state index contributed by atoms with van der Waals surface area (Å²) in [7, 11) is 0. The van der Waals surface area contributed by atoms with Crippen molar-refractivity contribution in [3.8, 4) is 0 Å². The number of unbranched alkanes of at least 4 members (excludes halogenated alkanes) is 3. The minimum atomic E-state index is -1.36. The summed E-state index contributed by atoms with van der Waals surface area (Å²) in [6.07, 6.45) is -1.75. The lowest BCUT2D eigenvalue weighted by Crippen LogP contribution is -2.59. The molecule has 0 saturated carbocycles. The van der Waals surface area contributed by atoms with E-state index in [1.807, 2.05) is 0 Å². The predicted molar refractivity (Wildman–Crippen MR) is 63.9 cm³/mol. The number of rotatable bonds is 7. The molecule has 0 radical (unpaired) electrons. The first kappa shape index (κ1) is 15.8. The Morgan fingerprint density at radius 2 is 1.72 bits per heavy atom. The van der Waals surface area contributed by atoms with Gasteiger partial charge in [-0.05, 0) is 6.42 Å². The number of aliphatic hydroxyl groups excluding tert-OH is 4. The summed E-state index contributed by atoms with van der Waals surface area (Å²) in [4.78, 5) is 0. The van der Waals surface area contributed by atoms with Crippen LogP contribution in [0.15, 0.2) is 0 Å². The van der Waals surface area contributed by atoms with Crippen LogP contribution in [0.1, 0.15) is 32.6 Å². The van der Waals surface area contributed by atoms with Gasteiger partial charge in [-0.1, -0.05) is 26.2 Å². The van der Waals surface area contributed by atoms with Gasteiger partial charge in [0.2, 0.25) is 0 Å². The van der Waals surface area contributed by atoms with Crippen LogP contribution < -0.4 is 0 Å². The molecule has 0 amide bonds. The van der Waals surface area contributed by atoms with Crippen LogP contribution in [0.2, 0.25) is 0 Å². The van der Waals surface area contributed by atoms with Crippen LogP contribution in [0.3, 0.4) is 0 Å². The molecule has 1 aliphatic heterocycles. The molecule has 6 heteroatoms. The molecule has 0 aromatic rings. The van der Waals surface area contributed by atoms with Gasteiger partial charge in [0.1, 0.15) is 24.4 Å². The molecule has 108 valence electrons. The Balaban J connectivity index is 2.35. The van der Waals surface area contributed by atoms with Crippen molar-refractivity contribution in [3.05, 3.63) is 0 Å². The van der Waals surface area contributed by atoms with Crippen LogP contribution in [0, 0.1) is 0 Å². The molecule has 1 heterocycles. The normalized spacial score (nSPS) is 36.8. The lowest BCUT2D eigenvalue weighted by atomic mass is 9.99. The lowest BCUT2D eigenvalue weighted by Gasteiger charge is -2.39. The maximum Gasteiger partial charge on any atom is 0.186 e. The molecular formula is C12H24O6. The molecule has 5 atom stereocenters. The maximum absolute atomic E-state index is 9.68. The zero-order valence-electron chi connectivity index (χ0n) is 10.7. The van der Waals surface area contributed by atoms with Gasteiger partial charge in [0, 0.05) is 6.61 Å². The zero-order valence-corrected chi connectivity index (χ0v) is 10.7. The number of ether oxygens (including phenoxy) is 2. The molecule has 0 aromatic carbocycles. The molecule has 0 spiro atoms. The Bertz CT molecular complexity index is 223. The second-order valence-corrected chi connectivity index (χ2v) is 4.63. The molecule has 0 unspecified atom stereocenters. The van der Waals surface area contributed by atoms with Crippen LogP contribution in [0.25, 0.3) is 0 Å². The van der Waals surface area contributed by atoms with Crippen LogP contribution in [-0.2, 0) is 9.47 Å². The highest BCUT2D eigenvalue weighted by Crippen LogP contribution is 2.22. The van der Waals surface area contributed by atoms with Gasteiger partial charge in [-0.3, -0.25) is 0 Å². The Morgan fingerprint density at radius 1 is 1.00 bits per heavy atom.